The van der Waals surface area contributed by atoms with Crippen LogP contribution < -0.4 is 0 Å². The number of para-hydroxylation sites is 1. The zero-order chi connectivity index (χ0) is 14.1. The maximum Gasteiger partial charge on any atom is 0.127 e. The van der Waals surface area contributed by atoms with Crippen LogP contribution in [0, 0.1) is 6.92 Å². The van der Waals surface area contributed by atoms with Crippen molar-refractivity contribution < 1.29 is 0 Å². The van der Waals surface area contributed by atoms with Crippen molar-refractivity contribution in [3.63, 3.8) is 0 Å². The lowest BCUT2D eigenvalue weighted by Gasteiger charge is -2.10. The highest BCUT2D eigenvalue weighted by Crippen LogP contribution is 2.26. The lowest BCUT2D eigenvalue weighted by Crippen LogP contribution is -2.11. The third kappa shape index (κ3) is 2.31. The fourth-order valence-electron chi connectivity index (χ4n) is 2.48. The first-order chi connectivity index (χ1) is 9.66. The fraction of sp³-hybridized carbons (Fsp3) is 0.333. The Hall–Kier alpha value is -1.81. The van der Waals surface area contributed by atoms with Crippen LogP contribution in [0.5, 0.6) is 0 Å². The molecule has 1 aromatic carbocycles. The van der Waals surface area contributed by atoms with Gasteiger partial charge < -0.3 is 4.57 Å². The van der Waals surface area contributed by atoms with E-state index in [2.05, 4.69) is 34.8 Å². The molecule has 2 heterocycles. The molecule has 3 rings (SSSR count). The molecule has 0 spiro atoms. The minimum atomic E-state index is -0.112. The molecule has 1 atom stereocenters. The van der Waals surface area contributed by atoms with E-state index in [1.54, 1.807) is 6.20 Å². The maximum atomic E-state index is 6.29. The van der Waals surface area contributed by atoms with Crippen LogP contribution in [0.15, 0.2) is 36.7 Å². The molecule has 104 valence electrons. The van der Waals surface area contributed by atoms with Gasteiger partial charge in [0.2, 0.25) is 0 Å². The monoisotopic (exact) mass is 288 g/mol. The minimum Gasteiger partial charge on any atom is -0.325 e. The SMILES string of the molecule is Cc1cccc2c1nc(C(C)Cl)n2CCn1cccn1. The van der Waals surface area contributed by atoms with Crippen molar-refractivity contribution in [2.45, 2.75) is 32.3 Å². The van der Waals surface area contributed by atoms with Crippen molar-refractivity contribution in [1.82, 2.24) is 19.3 Å². The van der Waals surface area contributed by atoms with Crippen LogP contribution >= 0.6 is 11.6 Å². The van der Waals surface area contributed by atoms with Crippen molar-refractivity contribution in [2.24, 2.45) is 0 Å². The predicted octanol–water partition coefficient (Wildman–Crippen LogP) is 3.54. The van der Waals surface area contributed by atoms with Gasteiger partial charge in [0, 0.05) is 18.9 Å². The number of benzene rings is 1. The molecule has 0 bridgehead atoms. The van der Waals surface area contributed by atoms with Crippen molar-refractivity contribution in [3.05, 3.63) is 48.0 Å². The maximum absolute atomic E-state index is 6.29. The van der Waals surface area contributed by atoms with Gasteiger partial charge in [-0.1, -0.05) is 12.1 Å². The minimum absolute atomic E-state index is 0.112. The molecule has 0 saturated carbocycles. The van der Waals surface area contributed by atoms with E-state index in [1.165, 1.54) is 5.56 Å². The molecule has 20 heavy (non-hydrogen) atoms. The fourth-order valence-corrected chi connectivity index (χ4v) is 2.65. The molecule has 1 unspecified atom stereocenters. The Morgan fingerprint density at radius 2 is 2.10 bits per heavy atom. The van der Waals surface area contributed by atoms with Gasteiger partial charge in [0.25, 0.3) is 0 Å². The van der Waals surface area contributed by atoms with Crippen LogP contribution in [0.1, 0.15) is 23.7 Å². The van der Waals surface area contributed by atoms with Crippen LogP contribution in [0.25, 0.3) is 11.0 Å². The largest absolute Gasteiger partial charge is 0.325 e. The normalized spacial score (nSPS) is 12.9. The van der Waals surface area contributed by atoms with Crippen molar-refractivity contribution >= 4 is 22.6 Å². The van der Waals surface area contributed by atoms with Crippen molar-refractivity contribution in [2.75, 3.05) is 0 Å². The summed E-state index contributed by atoms with van der Waals surface area (Å²) in [5.74, 6) is 0.920. The van der Waals surface area contributed by atoms with Crippen LogP contribution in [-0.2, 0) is 13.1 Å². The molecule has 3 aromatic rings. The second kappa shape index (κ2) is 5.29. The molecule has 0 aliphatic heterocycles. The van der Waals surface area contributed by atoms with Crippen molar-refractivity contribution in [3.8, 4) is 0 Å². The van der Waals surface area contributed by atoms with E-state index in [4.69, 9.17) is 16.6 Å². The van der Waals surface area contributed by atoms with Gasteiger partial charge in [-0.25, -0.2) is 4.98 Å². The zero-order valence-corrected chi connectivity index (χ0v) is 12.4. The topological polar surface area (TPSA) is 35.6 Å². The van der Waals surface area contributed by atoms with Crippen molar-refractivity contribution in [1.29, 1.82) is 0 Å². The van der Waals surface area contributed by atoms with E-state index in [0.717, 1.165) is 29.9 Å². The first kappa shape index (κ1) is 13.2. The molecule has 0 fully saturated rings. The summed E-state index contributed by atoms with van der Waals surface area (Å²) >= 11 is 6.29. The molecule has 0 radical (unpaired) electrons. The van der Waals surface area contributed by atoms with Gasteiger partial charge in [0.1, 0.15) is 5.82 Å². The summed E-state index contributed by atoms with van der Waals surface area (Å²) in [6, 6.07) is 8.17. The summed E-state index contributed by atoms with van der Waals surface area (Å²) in [6.45, 7) is 5.66. The van der Waals surface area contributed by atoms with Crippen LogP contribution in [0.2, 0.25) is 0 Å². The standard InChI is InChI=1S/C15H17ClN4/c1-11-5-3-6-13-14(11)18-15(12(2)16)20(13)10-9-19-8-4-7-17-19/h3-8,12H,9-10H2,1-2H3. The molecule has 0 N–H and O–H groups in total. The third-order valence-electron chi connectivity index (χ3n) is 3.48. The number of hydrogen-bond donors (Lipinski definition) is 0. The van der Waals surface area contributed by atoms with Crippen LogP contribution in [-0.4, -0.2) is 19.3 Å². The first-order valence-corrected chi connectivity index (χ1v) is 7.17. The number of fused-ring (bicyclic) bond motifs is 1. The van der Waals surface area contributed by atoms with E-state index < -0.39 is 0 Å². The van der Waals surface area contributed by atoms with Gasteiger partial charge in [-0.05, 0) is 31.5 Å². The Morgan fingerprint density at radius 1 is 1.25 bits per heavy atom. The Bertz CT molecular complexity index is 713. The second-order valence-corrected chi connectivity index (χ2v) is 5.60. The van der Waals surface area contributed by atoms with E-state index in [-0.39, 0.29) is 5.38 Å². The average molecular weight is 289 g/mol. The Labute approximate surface area is 123 Å². The lowest BCUT2D eigenvalue weighted by atomic mass is 10.2. The molecule has 4 nitrogen and oxygen atoms in total. The first-order valence-electron chi connectivity index (χ1n) is 6.74. The lowest BCUT2D eigenvalue weighted by molar-refractivity contribution is 0.528. The van der Waals surface area contributed by atoms with E-state index in [9.17, 15) is 0 Å². The molecular weight excluding hydrogens is 272 g/mol. The van der Waals surface area contributed by atoms with Gasteiger partial charge in [-0.15, -0.1) is 11.6 Å². The van der Waals surface area contributed by atoms with Gasteiger partial charge in [0.05, 0.1) is 23.0 Å². The Kier molecular flexibility index (Phi) is 3.49. The van der Waals surface area contributed by atoms with Gasteiger partial charge in [0.15, 0.2) is 0 Å². The summed E-state index contributed by atoms with van der Waals surface area (Å²) in [7, 11) is 0. The number of imidazole rings is 1. The summed E-state index contributed by atoms with van der Waals surface area (Å²) in [6.07, 6.45) is 3.76. The average Bonchev–Trinajstić information content (AvgIpc) is 3.03. The highest BCUT2D eigenvalue weighted by Gasteiger charge is 2.15. The number of alkyl halides is 1. The summed E-state index contributed by atoms with van der Waals surface area (Å²) in [4.78, 5) is 4.71. The number of aryl methyl sites for hydroxylation is 3. The molecular formula is C15H17ClN4. The van der Waals surface area contributed by atoms with E-state index >= 15 is 0 Å². The number of hydrogen-bond acceptors (Lipinski definition) is 2. The van der Waals surface area contributed by atoms with Crippen LogP contribution in [0.3, 0.4) is 0 Å². The molecule has 0 aliphatic rings. The Morgan fingerprint density at radius 3 is 2.80 bits per heavy atom. The quantitative estimate of drug-likeness (QED) is 0.688. The summed E-state index contributed by atoms with van der Waals surface area (Å²) in [5, 5.41) is 4.13. The molecule has 0 saturated heterocycles. The molecule has 0 aliphatic carbocycles. The number of halogens is 1. The van der Waals surface area contributed by atoms with Gasteiger partial charge in [-0.3, -0.25) is 4.68 Å². The van der Waals surface area contributed by atoms with Gasteiger partial charge in [-0.2, -0.15) is 5.10 Å². The molecule has 5 heteroatoms. The second-order valence-electron chi connectivity index (χ2n) is 4.95. The highest BCUT2D eigenvalue weighted by atomic mass is 35.5. The highest BCUT2D eigenvalue weighted by molar-refractivity contribution is 6.20. The van der Waals surface area contributed by atoms with E-state index in [0.29, 0.717) is 0 Å². The number of nitrogens with zero attached hydrogens (tertiary/aromatic N) is 4. The molecule has 2 aromatic heterocycles. The summed E-state index contributed by atoms with van der Waals surface area (Å²) < 4.78 is 4.12. The zero-order valence-electron chi connectivity index (χ0n) is 11.6. The van der Waals surface area contributed by atoms with Crippen LogP contribution in [0.4, 0.5) is 0 Å². The molecule has 0 amide bonds. The number of rotatable bonds is 4. The van der Waals surface area contributed by atoms with E-state index in [1.807, 2.05) is 23.9 Å². The third-order valence-corrected chi connectivity index (χ3v) is 3.67. The number of aromatic nitrogens is 4. The summed E-state index contributed by atoms with van der Waals surface area (Å²) in [5.41, 5.74) is 3.36. The Balaban J connectivity index is 2.02. The van der Waals surface area contributed by atoms with Gasteiger partial charge >= 0.3 is 0 Å². The smallest absolute Gasteiger partial charge is 0.127 e. The predicted molar refractivity (Wildman–Crippen MR) is 81.0 cm³/mol.